The van der Waals surface area contributed by atoms with Crippen molar-refractivity contribution in [3.8, 4) is 11.5 Å². The second-order valence-electron chi connectivity index (χ2n) is 5.63. The molecule has 0 atom stereocenters. The van der Waals surface area contributed by atoms with Crippen LogP contribution in [0.4, 0.5) is 14.5 Å². The lowest BCUT2D eigenvalue weighted by atomic mass is 10.3. The van der Waals surface area contributed by atoms with Gasteiger partial charge in [0.2, 0.25) is 15.9 Å². The summed E-state index contributed by atoms with van der Waals surface area (Å²) >= 11 is 0. The van der Waals surface area contributed by atoms with Crippen molar-refractivity contribution in [2.45, 2.75) is 11.3 Å². The first-order chi connectivity index (χ1) is 12.8. The highest BCUT2D eigenvalue weighted by molar-refractivity contribution is 7.89. The van der Waals surface area contributed by atoms with E-state index >= 15 is 0 Å². The predicted octanol–water partition coefficient (Wildman–Crippen LogP) is 2.04. The molecule has 1 aliphatic heterocycles. The first-order valence-electron chi connectivity index (χ1n) is 7.99. The van der Waals surface area contributed by atoms with Crippen LogP contribution < -0.4 is 19.5 Å². The lowest BCUT2D eigenvalue weighted by molar-refractivity contribution is -0.116. The third-order valence-corrected chi connectivity index (χ3v) is 5.13. The van der Waals surface area contributed by atoms with Gasteiger partial charge in [-0.3, -0.25) is 4.79 Å². The second kappa shape index (κ2) is 7.89. The molecule has 1 aliphatic rings. The number of halogens is 2. The van der Waals surface area contributed by atoms with Crippen LogP contribution in [-0.4, -0.2) is 34.1 Å². The lowest BCUT2D eigenvalue weighted by Gasteiger charge is -2.18. The number of hydrogen-bond donors (Lipinski definition) is 2. The smallest absolute Gasteiger partial charge is 0.240 e. The highest BCUT2D eigenvalue weighted by atomic mass is 32.2. The van der Waals surface area contributed by atoms with Gasteiger partial charge < -0.3 is 14.8 Å². The van der Waals surface area contributed by atoms with Gasteiger partial charge in [0, 0.05) is 25.1 Å². The zero-order valence-electron chi connectivity index (χ0n) is 14.0. The number of benzene rings is 2. The van der Waals surface area contributed by atoms with Crippen LogP contribution in [0.1, 0.15) is 6.42 Å². The first-order valence-corrected chi connectivity index (χ1v) is 9.48. The number of carbonyl (C=O) groups excluding carboxylic acids is 1. The van der Waals surface area contributed by atoms with Gasteiger partial charge in [-0.05, 0) is 24.3 Å². The van der Waals surface area contributed by atoms with Crippen LogP contribution in [-0.2, 0) is 14.8 Å². The number of nitrogens with one attached hydrogen (secondary N) is 2. The highest BCUT2D eigenvalue weighted by Gasteiger charge is 2.19. The zero-order chi connectivity index (χ0) is 19.4. The van der Waals surface area contributed by atoms with E-state index < -0.39 is 27.6 Å². The molecule has 2 N–H and O–H groups in total. The zero-order valence-corrected chi connectivity index (χ0v) is 14.8. The van der Waals surface area contributed by atoms with Crippen LogP contribution >= 0.6 is 0 Å². The number of ether oxygens (including phenoxy) is 2. The van der Waals surface area contributed by atoms with E-state index in [9.17, 15) is 22.0 Å². The van der Waals surface area contributed by atoms with Crippen LogP contribution in [0, 0.1) is 11.6 Å². The molecule has 0 saturated heterocycles. The number of carbonyl (C=O) groups is 1. The molecule has 0 aliphatic carbocycles. The summed E-state index contributed by atoms with van der Waals surface area (Å²) in [5, 5.41) is 2.25. The number of rotatable bonds is 6. The van der Waals surface area contributed by atoms with E-state index in [4.69, 9.17) is 9.47 Å². The number of fused-ring (bicyclic) bond motifs is 1. The predicted molar refractivity (Wildman–Crippen MR) is 92.2 cm³/mol. The van der Waals surface area contributed by atoms with Crippen molar-refractivity contribution < 1.29 is 31.5 Å². The molecule has 10 heteroatoms. The molecule has 0 spiro atoms. The molecule has 144 valence electrons. The van der Waals surface area contributed by atoms with E-state index in [-0.39, 0.29) is 23.5 Å². The van der Waals surface area contributed by atoms with Gasteiger partial charge in [-0.1, -0.05) is 0 Å². The Morgan fingerprint density at radius 3 is 2.52 bits per heavy atom. The van der Waals surface area contributed by atoms with E-state index in [0.29, 0.717) is 30.8 Å². The number of amides is 1. The minimum Gasteiger partial charge on any atom is -0.486 e. The van der Waals surface area contributed by atoms with Crippen LogP contribution in [0.25, 0.3) is 0 Å². The van der Waals surface area contributed by atoms with Crippen LogP contribution in [0.15, 0.2) is 41.3 Å². The first kappa shape index (κ1) is 19.1. The minimum absolute atomic E-state index is 0.0308. The molecule has 0 fully saturated rings. The Morgan fingerprint density at radius 2 is 1.78 bits per heavy atom. The van der Waals surface area contributed by atoms with E-state index in [1.165, 1.54) is 18.2 Å². The van der Waals surface area contributed by atoms with Crippen LogP contribution in [0.2, 0.25) is 0 Å². The summed E-state index contributed by atoms with van der Waals surface area (Å²) < 4.78 is 63.9. The maximum atomic E-state index is 13.5. The number of sulfonamides is 1. The largest absolute Gasteiger partial charge is 0.486 e. The summed E-state index contributed by atoms with van der Waals surface area (Å²) in [6.07, 6.45) is -0.236. The standard InChI is InChI=1S/C17H16F2N2O5S/c18-11-1-3-14(13(19)9-11)21-17(22)5-6-20-27(23,24)12-2-4-15-16(10-12)26-8-7-25-15/h1-4,9-10,20H,5-8H2,(H,21,22). The van der Waals surface area contributed by atoms with E-state index in [1.807, 2.05) is 0 Å². The molecule has 7 nitrogen and oxygen atoms in total. The molecule has 1 amide bonds. The van der Waals surface area contributed by atoms with Crippen molar-refractivity contribution in [1.29, 1.82) is 0 Å². The third kappa shape index (κ3) is 4.72. The summed E-state index contributed by atoms with van der Waals surface area (Å²) in [6, 6.07) is 6.92. The Morgan fingerprint density at radius 1 is 1.04 bits per heavy atom. The lowest BCUT2D eigenvalue weighted by Crippen LogP contribution is -2.28. The van der Waals surface area contributed by atoms with Gasteiger partial charge in [0.1, 0.15) is 24.8 Å². The van der Waals surface area contributed by atoms with Gasteiger partial charge in [-0.15, -0.1) is 0 Å². The van der Waals surface area contributed by atoms with E-state index in [1.54, 1.807) is 0 Å². The molecule has 0 unspecified atom stereocenters. The average Bonchev–Trinajstić information content (AvgIpc) is 2.63. The SMILES string of the molecule is O=C(CCNS(=O)(=O)c1ccc2c(c1)OCCO2)Nc1ccc(F)cc1F. The molecule has 0 radical (unpaired) electrons. The summed E-state index contributed by atoms with van der Waals surface area (Å²) in [6.45, 7) is 0.510. The Labute approximate surface area is 154 Å². The third-order valence-electron chi connectivity index (χ3n) is 3.67. The van der Waals surface area contributed by atoms with Crippen molar-refractivity contribution in [2.24, 2.45) is 0 Å². The van der Waals surface area contributed by atoms with E-state index in [2.05, 4.69) is 10.0 Å². The molecular weight excluding hydrogens is 382 g/mol. The van der Waals surface area contributed by atoms with Gasteiger partial charge in [-0.25, -0.2) is 21.9 Å². The molecule has 0 bridgehead atoms. The summed E-state index contributed by atoms with van der Waals surface area (Å²) in [7, 11) is -3.87. The molecule has 1 heterocycles. The Bertz CT molecular complexity index is 966. The van der Waals surface area contributed by atoms with Crippen molar-refractivity contribution in [3.05, 3.63) is 48.0 Å². The van der Waals surface area contributed by atoms with Crippen molar-refractivity contribution >= 4 is 21.6 Å². The molecule has 2 aromatic rings. The minimum atomic E-state index is -3.87. The molecule has 3 rings (SSSR count). The van der Waals surface area contributed by atoms with Crippen molar-refractivity contribution in [3.63, 3.8) is 0 Å². The highest BCUT2D eigenvalue weighted by Crippen LogP contribution is 2.32. The van der Waals surface area contributed by atoms with Crippen molar-refractivity contribution in [1.82, 2.24) is 4.72 Å². The van der Waals surface area contributed by atoms with Crippen molar-refractivity contribution in [2.75, 3.05) is 25.1 Å². The molecule has 0 aromatic heterocycles. The van der Waals surface area contributed by atoms with Crippen LogP contribution in [0.5, 0.6) is 11.5 Å². The number of anilines is 1. The normalized spacial score (nSPS) is 13.3. The average molecular weight is 398 g/mol. The fourth-order valence-electron chi connectivity index (χ4n) is 2.38. The fourth-order valence-corrected chi connectivity index (χ4v) is 3.42. The number of hydrogen-bond acceptors (Lipinski definition) is 5. The summed E-state index contributed by atoms with van der Waals surface area (Å²) in [4.78, 5) is 11.8. The molecule has 0 saturated carbocycles. The van der Waals surface area contributed by atoms with E-state index in [0.717, 1.165) is 12.1 Å². The van der Waals surface area contributed by atoms with Gasteiger partial charge in [0.15, 0.2) is 11.5 Å². The van der Waals surface area contributed by atoms with Gasteiger partial charge in [0.25, 0.3) is 0 Å². The quantitative estimate of drug-likeness (QED) is 0.777. The van der Waals surface area contributed by atoms with Gasteiger partial charge >= 0.3 is 0 Å². The molecule has 2 aromatic carbocycles. The molecular formula is C17H16F2N2O5S. The monoisotopic (exact) mass is 398 g/mol. The maximum Gasteiger partial charge on any atom is 0.240 e. The second-order valence-corrected chi connectivity index (χ2v) is 7.39. The van der Waals surface area contributed by atoms with Gasteiger partial charge in [0.05, 0.1) is 10.6 Å². The van der Waals surface area contributed by atoms with Crippen LogP contribution in [0.3, 0.4) is 0 Å². The summed E-state index contributed by atoms with van der Waals surface area (Å²) in [5.74, 6) is -1.52. The van der Waals surface area contributed by atoms with Gasteiger partial charge in [-0.2, -0.15) is 0 Å². The Kier molecular flexibility index (Phi) is 5.57. The maximum absolute atomic E-state index is 13.5. The summed E-state index contributed by atoms with van der Waals surface area (Å²) in [5.41, 5.74) is -0.184. The molecule has 27 heavy (non-hydrogen) atoms. The Balaban J connectivity index is 1.56. The Hall–Kier alpha value is -2.72. The fraction of sp³-hybridized carbons (Fsp3) is 0.235. The topological polar surface area (TPSA) is 93.7 Å².